The highest BCUT2D eigenvalue weighted by molar-refractivity contribution is 7.92. The first-order valence-electron chi connectivity index (χ1n) is 9.10. The van der Waals surface area contributed by atoms with E-state index in [4.69, 9.17) is 23.2 Å². The summed E-state index contributed by atoms with van der Waals surface area (Å²) in [5, 5.41) is 0.498. The third-order valence-electron chi connectivity index (χ3n) is 4.49. The molecule has 3 aromatic rings. The van der Waals surface area contributed by atoms with Crippen molar-refractivity contribution < 1.29 is 13.2 Å². The minimum atomic E-state index is -4.00. The number of benzene rings is 3. The van der Waals surface area contributed by atoms with Crippen LogP contribution in [0.3, 0.4) is 0 Å². The number of carbonyl (C=O) groups excluding carboxylic acids is 1. The maximum atomic E-state index is 13.3. The smallest absolute Gasteiger partial charge is 0.264 e. The molecule has 0 bridgehead atoms. The van der Waals surface area contributed by atoms with Crippen molar-refractivity contribution >= 4 is 44.8 Å². The summed E-state index contributed by atoms with van der Waals surface area (Å²) in [5.74, 6) is -0.357. The molecule has 5 nitrogen and oxygen atoms in total. The number of anilines is 1. The van der Waals surface area contributed by atoms with Crippen molar-refractivity contribution in [3.63, 3.8) is 0 Å². The topological polar surface area (TPSA) is 57.7 Å². The molecule has 0 aliphatic heterocycles. The van der Waals surface area contributed by atoms with Gasteiger partial charge in [0.1, 0.15) is 6.54 Å². The van der Waals surface area contributed by atoms with Crippen LogP contribution < -0.4 is 4.31 Å². The van der Waals surface area contributed by atoms with Crippen LogP contribution in [0.15, 0.2) is 83.8 Å². The monoisotopic (exact) mass is 462 g/mol. The van der Waals surface area contributed by atoms with Gasteiger partial charge in [-0.25, -0.2) is 8.42 Å². The Morgan fingerprint density at radius 3 is 2.07 bits per heavy atom. The highest BCUT2D eigenvalue weighted by atomic mass is 35.5. The Labute approximate surface area is 186 Å². The maximum absolute atomic E-state index is 13.3. The van der Waals surface area contributed by atoms with E-state index in [0.29, 0.717) is 11.6 Å². The van der Waals surface area contributed by atoms with Crippen LogP contribution in [0.1, 0.15) is 5.56 Å². The van der Waals surface area contributed by atoms with Crippen LogP contribution in [-0.4, -0.2) is 32.8 Å². The van der Waals surface area contributed by atoms with Gasteiger partial charge >= 0.3 is 0 Å². The lowest BCUT2D eigenvalue weighted by molar-refractivity contribution is -0.128. The van der Waals surface area contributed by atoms with Crippen molar-refractivity contribution in [3.05, 3.63) is 94.5 Å². The maximum Gasteiger partial charge on any atom is 0.264 e. The van der Waals surface area contributed by atoms with E-state index in [-0.39, 0.29) is 28.1 Å². The minimum absolute atomic E-state index is 0.0783. The molecule has 0 N–H and O–H groups in total. The fourth-order valence-corrected chi connectivity index (χ4v) is 4.58. The number of nitrogens with zero attached hydrogens (tertiary/aromatic N) is 2. The summed E-state index contributed by atoms with van der Waals surface area (Å²) in [5.41, 5.74) is 1.20. The van der Waals surface area contributed by atoms with E-state index >= 15 is 0 Å². The largest absolute Gasteiger partial charge is 0.340 e. The summed E-state index contributed by atoms with van der Waals surface area (Å²) in [4.78, 5) is 14.5. The van der Waals surface area contributed by atoms with Gasteiger partial charge < -0.3 is 4.90 Å². The zero-order valence-electron chi connectivity index (χ0n) is 16.2. The summed E-state index contributed by atoms with van der Waals surface area (Å²) in [6.45, 7) is -0.0151. The van der Waals surface area contributed by atoms with E-state index in [1.807, 2.05) is 30.3 Å². The molecule has 0 aromatic heterocycles. The van der Waals surface area contributed by atoms with Gasteiger partial charge in [-0.1, -0.05) is 71.7 Å². The van der Waals surface area contributed by atoms with Gasteiger partial charge in [0.2, 0.25) is 5.91 Å². The van der Waals surface area contributed by atoms with E-state index in [2.05, 4.69) is 0 Å². The van der Waals surface area contributed by atoms with Crippen molar-refractivity contribution in [3.8, 4) is 0 Å². The Morgan fingerprint density at radius 2 is 1.47 bits per heavy atom. The van der Waals surface area contributed by atoms with Gasteiger partial charge in [0, 0.05) is 13.6 Å². The molecule has 3 rings (SSSR count). The first kappa shape index (κ1) is 22.2. The van der Waals surface area contributed by atoms with E-state index in [9.17, 15) is 13.2 Å². The van der Waals surface area contributed by atoms with Crippen molar-refractivity contribution in [2.24, 2.45) is 0 Å². The predicted molar refractivity (Wildman–Crippen MR) is 120 cm³/mol. The Hall–Kier alpha value is -2.54. The molecule has 0 aliphatic carbocycles. The number of hydrogen-bond acceptors (Lipinski definition) is 3. The van der Waals surface area contributed by atoms with Gasteiger partial charge in [-0.15, -0.1) is 0 Å². The molecule has 0 spiro atoms. The van der Waals surface area contributed by atoms with E-state index in [1.54, 1.807) is 25.2 Å². The fourth-order valence-electron chi connectivity index (χ4n) is 2.86. The first-order valence-corrected chi connectivity index (χ1v) is 11.3. The second-order valence-corrected chi connectivity index (χ2v) is 9.34. The third-order valence-corrected chi connectivity index (χ3v) is 7.02. The van der Waals surface area contributed by atoms with Gasteiger partial charge in [0.25, 0.3) is 10.0 Å². The third kappa shape index (κ3) is 5.14. The SMILES string of the molecule is CN(Cc1ccccc1)C(=O)CN(c1ccc(Cl)c(Cl)c1)S(=O)(=O)c1ccccc1. The van der Waals surface area contributed by atoms with Gasteiger partial charge in [-0.05, 0) is 35.9 Å². The minimum Gasteiger partial charge on any atom is -0.340 e. The Kier molecular flexibility index (Phi) is 7.02. The quantitative estimate of drug-likeness (QED) is 0.504. The summed E-state index contributed by atoms with van der Waals surface area (Å²) in [7, 11) is -2.36. The van der Waals surface area contributed by atoms with Crippen LogP contribution in [0.2, 0.25) is 10.0 Å². The van der Waals surface area contributed by atoms with Gasteiger partial charge in [0.05, 0.1) is 20.6 Å². The summed E-state index contributed by atoms with van der Waals surface area (Å²) in [6, 6.07) is 21.9. The van der Waals surface area contributed by atoms with E-state index in [0.717, 1.165) is 9.87 Å². The van der Waals surface area contributed by atoms with Crippen LogP contribution in [-0.2, 0) is 21.4 Å². The molecule has 1 amide bonds. The van der Waals surface area contributed by atoms with Crippen molar-refractivity contribution in [2.45, 2.75) is 11.4 Å². The molecule has 0 radical (unpaired) electrons. The molecule has 0 aliphatic rings. The number of likely N-dealkylation sites (N-methyl/N-ethyl adjacent to an activating group) is 1. The number of hydrogen-bond donors (Lipinski definition) is 0. The normalized spacial score (nSPS) is 11.2. The molecule has 30 heavy (non-hydrogen) atoms. The zero-order valence-corrected chi connectivity index (χ0v) is 18.5. The molecule has 8 heteroatoms. The fraction of sp³-hybridized carbons (Fsp3) is 0.136. The second kappa shape index (κ2) is 9.51. The van der Waals surface area contributed by atoms with Crippen molar-refractivity contribution in [2.75, 3.05) is 17.9 Å². The number of carbonyl (C=O) groups is 1. The van der Waals surface area contributed by atoms with Gasteiger partial charge in [-0.3, -0.25) is 9.10 Å². The van der Waals surface area contributed by atoms with Crippen molar-refractivity contribution in [1.29, 1.82) is 0 Å². The van der Waals surface area contributed by atoms with Crippen LogP contribution in [0, 0.1) is 0 Å². The molecule has 0 saturated heterocycles. The molecule has 156 valence electrons. The van der Waals surface area contributed by atoms with Crippen LogP contribution in [0.5, 0.6) is 0 Å². The number of halogens is 2. The molecular weight excluding hydrogens is 443 g/mol. The van der Waals surface area contributed by atoms with Gasteiger partial charge in [-0.2, -0.15) is 0 Å². The van der Waals surface area contributed by atoms with E-state index in [1.165, 1.54) is 35.2 Å². The summed E-state index contributed by atoms with van der Waals surface area (Å²) < 4.78 is 27.7. The van der Waals surface area contributed by atoms with Gasteiger partial charge in [0.15, 0.2) is 0 Å². The highest BCUT2D eigenvalue weighted by Gasteiger charge is 2.28. The molecule has 3 aromatic carbocycles. The number of sulfonamides is 1. The van der Waals surface area contributed by atoms with E-state index < -0.39 is 10.0 Å². The second-order valence-electron chi connectivity index (χ2n) is 6.66. The first-order chi connectivity index (χ1) is 14.3. The molecule has 0 saturated carbocycles. The Morgan fingerprint density at radius 1 is 0.867 bits per heavy atom. The number of rotatable bonds is 7. The average molecular weight is 463 g/mol. The van der Waals surface area contributed by atoms with Crippen LogP contribution in [0.4, 0.5) is 5.69 Å². The van der Waals surface area contributed by atoms with Crippen LogP contribution >= 0.6 is 23.2 Å². The number of amides is 1. The summed E-state index contributed by atoms with van der Waals surface area (Å²) in [6.07, 6.45) is 0. The lowest BCUT2D eigenvalue weighted by Crippen LogP contribution is -2.41. The average Bonchev–Trinajstić information content (AvgIpc) is 2.75. The zero-order chi connectivity index (χ0) is 21.7. The Bertz CT molecular complexity index is 1120. The lowest BCUT2D eigenvalue weighted by atomic mass is 10.2. The highest BCUT2D eigenvalue weighted by Crippen LogP contribution is 2.30. The predicted octanol–water partition coefficient (Wildman–Crippen LogP) is 4.85. The molecule has 0 fully saturated rings. The van der Waals surface area contributed by atoms with Crippen LogP contribution in [0.25, 0.3) is 0 Å². The van der Waals surface area contributed by atoms with Crippen molar-refractivity contribution in [1.82, 2.24) is 4.90 Å². The molecule has 0 atom stereocenters. The molecular formula is C22H20Cl2N2O3S. The Balaban J connectivity index is 1.93. The standard InChI is InChI=1S/C22H20Cl2N2O3S/c1-25(15-17-8-4-2-5-9-17)22(27)16-26(18-12-13-20(23)21(24)14-18)30(28,29)19-10-6-3-7-11-19/h2-14H,15-16H2,1H3. The molecule has 0 unspecified atom stereocenters. The summed E-state index contributed by atoms with van der Waals surface area (Å²) >= 11 is 12.1. The molecule has 0 heterocycles. The lowest BCUT2D eigenvalue weighted by Gasteiger charge is -2.27.